The second kappa shape index (κ2) is 11.6. The summed E-state index contributed by atoms with van der Waals surface area (Å²) in [4.78, 5) is 25.3. The van der Waals surface area contributed by atoms with Crippen LogP contribution in [-0.4, -0.2) is 36.6 Å². The van der Waals surface area contributed by atoms with E-state index >= 15 is 0 Å². The van der Waals surface area contributed by atoms with E-state index < -0.39 is 32.4 Å². The van der Waals surface area contributed by atoms with E-state index in [1.165, 1.54) is 12.1 Å². The number of nitrogens with zero attached hydrogens (tertiary/aromatic N) is 1. The quantitative estimate of drug-likeness (QED) is 0.223. The number of carbonyl (C=O) groups is 2. The van der Waals surface area contributed by atoms with Crippen molar-refractivity contribution in [3.05, 3.63) is 66.1 Å². The highest BCUT2D eigenvalue weighted by Crippen LogP contribution is 2.38. The van der Waals surface area contributed by atoms with Crippen LogP contribution in [0.2, 0.25) is 13.1 Å². The molecule has 0 bridgehead atoms. The summed E-state index contributed by atoms with van der Waals surface area (Å²) in [6.45, 7) is 13.8. The number of aromatic nitrogens is 1. The fourth-order valence-electron chi connectivity index (χ4n) is 4.81. The third kappa shape index (κ3) is 6.65. The molecular weight excluding hydrogens is 485 g/mol. The molecule has 5 nitrogen and oxygen atoms in total. The Hall–Kier alpha value is -3.03. The lowest BCUT2D eigenvalue weighted by Gasteiger charge is -2.35. The standard InChI is InChI=1S/C30H37FNO4Si/c1-19(2)32-25-11-9-8-10-23(25)27(20-12-14-21(31)15-13-20)26(32)17-16-22(33)18-24(30(3,4)5)28(29(34)35)36-37(6)7/h8-17,19,24,28H,18H2,1-7H3,(H,34,35). The first kappa shape index (κ1) is 28.5. The van der Waals surface area contributed by atoms with Crippen LogP contribution in [0.4, 0.5) is 4.39 Å². The number of rotatable bonds is 10. The Morgan fingerprint density at radius 1 is 1.08 bits per heavy atom. The lowest BCUT2D eigenvalue weighted by atomic mass is 9.74. The third-order valence-corrected chi connectivity index (χ3v) is 7.26. The van der Waals surface area contributed by atoms with Crippen molar-refractivity contribution in [3.63, 3.8) is 0 Å². The molecule has 197 valence electrons. The van der Waals surface area contributed by atoms with Crippen molar-refractivity contribution >= 4 is 37.8 Å². The fourth-order valence-corrected chi connectivity index (χ4v) is 5.58. The highest BCUT2D eigenvalue weighted by Gasteiger charge is 2.39. The van der Waals surface area contributed by atoms with Gasteiger partial charge in [-0.1, -0.05) is 51.1 Å². The van der Waals surface area contributed by atoms with Crippen molar-refractivity contribution in [2.75, 3.05) is 0 Å². The summed E-state index contributed by atoms with van der Waals surface area (Å²) in [5.41, 5.74) is 3.21. The Morgan fingerprint density at radius 3 is 2.24 bits per heavy atom. The molecule has 0 saturated carbocycles. The summed E-state index contributed by atoms with van der Waals surface area (Å²) in [5.74, 6) is -2.01. The lowest BCUT2D eigenvalue weighted by molar-refractivity contribution is -0.151. The van der Waals surface area contributed by atoms with Gasteiger partial charge in [0, 0.05) is 34.8 Å². The van der Waals surface area contributed by atoms with Crippen LogP contribution in [-0.2, 0) is 14.0 Å². The SMILES string of the molecule is CC(C)n1c(C=CC(=O)CC(C(O[Si](C)C)C(=O)O)C(C)(C)C)c(-c2ccc(F)cc2)c2ccccc21. The van der Waals surface area contributed by atoms with Crippen molar-refractivity contribution in [3.8, 4) is 11.1 Å². The monoisotopic (exact) mass is 522 g/mol. The number of ketones is 1. The maximum Gasteiger partial charge on any atom is 0.331 e. The predicted molar refractivity (Wildman–Crippen MR) is 149 cm³/mol. The molecule has 2 aromatic carbocycles. The normalized spacial score (nSPS) is 14.1. The van der Waals surface area contributed by atoms with Crippen LogP contribution in [0, 0.1) is 17.2 Å². The molecule has 1 N–H and O–H groups in total. The van der Waals surface area contributed by atoms with Crippen molar-refractivity contribution < 1.29 is 23.5 Å². The Morgan fingerprint density at radius 2 is 1.70 bits per heavy atom. The first-order valence-electron chi connectivity index (χ1n) is 12.6. The minimum absolute atomic E-state index is 0.0555. The number of allylic oxidation sites excluding steroid dienone is 1. The van der Waals surface area contributed by atoms with Crippen LogP contribution >= 0.6 is 0 Å². The summed E-state index contributed by atoms with van der Waals surface area (Å²) >= 11 is 0. The zero-order valence-corrected chi connectivity index (χ0v) is 23.7. The van der Waals surface area contributed by atoms with Gasteiger partial charge in [-0.25, -0.2) is 9.18 Å². The first-order valence-corrected chi connectivity index (χ1v) is 15.0. The summed E-state index contributed by atoms with van der Waals surface area (Å²) in [7, 11) is -1.28. The van der Waals surface area contributed by atoms with Gasteiger partial charge in [0.25, 0.3) is 0 Å². The van der Waals surface area contributed by atoms with E-state index in [2.05, 4.69) is 18.4 Å². The van der Waals surface area contributed by atoms with Gasteiger partial charge in [-0.3, -0.25) is 4.79 Å². The zero-order chi connectivity index (χ0) is 27.5. The molecule has 37 heavy (non-hydrogen) atoms. The summed E-state index contributed by atoms with van der Waals surface area (Å²) in [6, 6.07) is 14.5. The number of hydrogen-bond donors (Lipinski definition) is 1. The summed E-state index contributed by atoms with van der Waals surface area (Å²) in [6.07, 6.45) is 2.37. The average Bonchev–Trinajstić information content (AvgIpc) is 3.14. The summed E-state index contributed by atoms with van der Waals surface area (Å²) < 4.78 is 21.7. The Balaban J connectivity index is 2.07. The van der Waals surface area contributed by atoms with E-state index in [9.17, 15) is 19.1 Å². The molecule has 3 rings (SSSR count). The van der Waals surface area contributed by atoms with Gasteiger partial charge < -0.3 is 14.1 Å². The minimum atomic E-state index is -1.28. The molecule has 0 aliphatic heterocycles. The molecule has 0 amide bonds. The number of carboxylic acids is 1. The Bertz CT molecular complexity index is 1290. The van der Waals surface area contributed by atoms with Gasteiger partial charge in [0.1, 0.15) is 11.9 Å². The van der Waals surface area contributed by atoms with E-state index in [0.29, 0.717) is 0 Å². The van der Waals surface area contributed by atoms with Crippen LogP contribution in [0.15, 0.2) is 54.6 Å². The molecule has 1 heterocycles. The Labute approximate surface area is 220 Å². The van der Waals surface area contributed by atoms with Crippen LogP contribution < -0.4 is 0 Å². The number of para-hydroxylation sites is 1. The second-order valence-corrected chi connectivity index (χ2v) is 13.1. The van der Waals surface area contributed by atoms with Gasteiger partial charge in [0.2, 0.25) is 9.04 Å². The molecule has 2 atom stereocenters. The Kier molecular flexibility index (Phi) is 8.92. The van der Waals surface area contributed by atoms with Crippen molar-refractivity contribution in [1.29, 1.82) is 0 Å². The number of carbonyl (C=O) groups excluding carboxylic acids is 1. The van der Waals surface area contributed by atoms with Crippen LogP contribution in [0.1, 0.15) is 52.8 Å². The molecule has 0 aliphatic carbocycles. The average molecular weight is 523 g/mol. The minimum Gasteiger partial charge on any atom is -0.479 e. The maximum absolute atomic E-state index is 13.7. The number of hydrogen-bond acceptors (Lipinski definition) is 3. The lowest BCUT2D eigenvalue weighted by Crippen LogP contribution is -2.42. The molecule has 0 saturated heterocycles. The predicted octanol–water partition coefficient (Wildman–Crippen LogP) is 7.38. The second-order valence-electron chi connectivity index (χ2n) is 11.0. The largest absolute Gasteiger partial charge is 0.479 e. The molecule has 1 aromatic heterocycles. The number of halogens is 1. The molecule has 1 radical (unpaired) electrons. The van der Waals surface area contributed by atoms with Crippen LogP contribution in [0.25, 0.3) is 28.1 Å². The van der Waals surface area contributed by atoms with Crippen molar-refractivity contribution in [2.45, 2.75) is 66.3 Å². The third-order valence-electron chi connectivity index (χ3n) is 6.53. The molecule has 0 spiro atoms. The maximum atomic E-state index is 13.7. The number of carboxylic acid groups (broad SMARTS) is 1. The molecule has 7 heteroatoms. The highest BCUT2D eigenvalue weighted by molar-refractivity contribution is 6.48. The highest BCUT2D eigenvalue weighted by atomic mass is 28.3. The van der Waals surface area contributed by atoms with Crippen molar-refractivity contribution in [1.82, 2.24) is 4.57 Å². The van der Waals surface area contributed by atoms with Gasteiger partial charge in [-0.05, 0) is 68.3 Å². The molecule has 3 aromatic rings. The van der Waals surface area contributed by atoms with E-state index in [-0.39, 0.29) is 24.1 Å². The van der Waals surface area contributed by atoms with Crippen molar-refractivity contribution in [2.24, 2.45) is 11.3 Å². The number of aliphatic carboxylic acids is 1. The fraction of sp³-hybridized carbons (Fsp3) is 0.400. The first-order chi connectivity index (χ1) is 17.3. The van der Waals surface area contributed by atoms with E-state index in [1.54, 1.807) is 18.2 Å². The van der Waals surface area contributed by atoms with Gasteiger partial charge in [0.05, 0.1) is 5.69 Å². The van der Waals surface area contributed by atoms with E-state index in [4.69, 9.17) is 4.43 Å². The topological polar surface area (TPSA) is 68.5 Å². The number of benzene rings is 2. The summed E-state index contributed by atoms with van der Waals surface area (Å²) in [5, 5.41) is 10.9. The van der Waals surface area contributed by atoms with Crippen LogP contribution in [0.3, 0.4) is 0 Å². The van der Waals surface area contributed by atoms with E-state index in [1.807, 2.05) is 64.2 Å². The zero-order valence-electron chi connectivity index (χ0n) is 22.7. The molecule has 0 aliphatic rings. The van der Waals surface area contributed by atoms with Crippen LogP contribution in [0.5, 0.6) is 0 Å². The molecular formula is C30H37FNO4Si. The van der Waals surface area contributed by atoms with E-state index in [0.717, 1.165) is 27.7 Å². The molecule has 2 unspecified atom stereocenters. The van der Waals surface area contributed by atoms with Gasteiger partial charge in [-0.2, -0.15) is 0 Å². The smallest absolute Gasteiger partial charge is 0.331 e. The van der Waals surface area contributed by atoms with Gasteiger partial charge in [-0.15, -0.1) is 0 Å². The van der Waals surface area contributed by atoms with Gasteiger partial charge in [0.15, 0.2) is 5.78 Å². The number of fused-ring (bicyclic) bond motifs is 1. The molecule has 0 fully saturated rings. The van der Waals surface area contributed by atoms with Gasteiger partial charge >= 0.3 is 5.97 Å².